The Labute approximate surface area is 105 Å². The Bertz CT molecular complexity index is 482. The fraction of sp³-hybridized carbons (Fsp3) is 0.364. The zero-order valence-electron chi connectivity index (χ0n) is 9.38. The van der Waals surface area contributed by atoms with Crippen molar-refractivity contribution in [2.24, 2.45) is 5.73 Å². The standard InChI is InChI=1S/C11H14ClN5/c12-10-5-3-4-9(8-10)11-14-15-16-17(11)7-2-1-6-13/h3-5,8H,1-2,6-7,13H2. The lowest BCUT2D eigenvalue weighted by molar-refractivity contribution is 0.548. The zero-order chi connectivity index (χ0) is 12.1. The molecule has 90 valence electrons. The molecule has 0 bridgehead atoms. The number of nitrogens with zero attached hydrogens (tertiary/aromatic N) is 4. The summed E-state index contributed by atoms with van der Waals surface area (Å²) in [5.41, 5.74) is 6.38. The maximum absolute atomic E-state index is 5.95. The van der Waals surface area contributed by atoms with Gasteiger partial charge >= 0.3 is 0 Å². The predicted octanol–water partition coefficient (Wildman–Crippen LogP) is 1.73. The van der Waals surface area contributed by atoms with E-state index in [4.69, 9.17) is 17.3 Å². The van der Waals surface area contributed by atoms with Crippen LogP contribution < -0.4 is 5.73 Å². The molecular weight excluding hydrogens is 238 g/mol. The van der Waals surface area contributed by atoms with Crippen LogP contribution in [-0.4, -0.2) is 26.8 Å². The predicted molar refractivity (Wildman–Crippen MR) is 66.6 cm³/mol. The number of tetrazole rings is 1. The van der Waals surface area contributed by atoms with Gasteiger partial charge in [-0.15, -0.1) is 5.10 Å². The van der Waals surface area contributed by atoms with Crippen LogP contribution in [0.4, 0.5) is 0 Å². The molecule has 0 saturated carbocycles. The SMILES string of the molecule is NCCCCn1nnnc1-c1cccc(Cl)c1. The minimum Gasteiger partial charge on any atom is -0.330 e. The number of hydrogen-bond donors (Lipinski definition) is 1. The Balaban J connectivity index is 2.18. The number of aryl methyl sites for hydroxylation is 1. The van der Waals surface area contributed by atoms with Crippen molar-refractivity contribution in [2.75, 3.05) is 6.54 Å². The first-order valence-corrected chi connectivity index (χ1v) is 5.91. The molecule has 2 N–H and O–H groups in total. The summed E-state index contributed by atoms with van der Waals surface area (Å²) in [7, 11) is 0. The average Bonchev–Trinajstić information content (AvgIpc) is 2.78. The molecule has 0 aliphatic rings. The number of aromatic nitrogens is 4. The molecule has 0 unspecified atom stereocenters. The molecule has 0 fully saturated rings. The summed E-state index contributed by atoms with van der Waals surface area (Å²) in [6.07, 6.45) is 1.93. The Kier molecular flexibility index (Phi) is 4.06. The van der Waals surface area contributed by atoms with E-state index in [1.807, 2.05) is 24.3 Å². The van der Waals surface area contributed by atoms with Gasteiger partial charge in [0, 0.05) is 17.1 Å². The van der Waals surface area contributed by atoms with Crippen molar-refractivity contribution in [3.8, 4) is 11.4 Å². The minimum absolute atomic E-state index is 0.680. The van der Waals surface area contributed by atoms with E-state index in [-0.39, 0.29) is 0 Å². The largest absolute Gasteiger partial charge is 0.330 e. The molecule has 5 nitrogen and oxygen atoms in total. The van der Waals surface area contributed by atoms with E-state index in [1.165, 1.54) is 0 Å². The third-order valence-corrected chi connectivity index (χ3v) is 2.67. The van der Waals surface area contributed by atoms with Crippen LogP contribution in [-0.2, 0) is 6.54 Å². The van der Waals surface area contributed by atoms with E-state index in [0.29, 0.717) is 11.6 Å². The van der Waals surface area contributed by atoms with Crippen LogP contribution in [0.15, 0.2) is 24.3 Å². The first-order valence-electron chi connectivity index (χ1n) is 5.53. The summed E-state index contributed by atoms with van der Waals surface area (Å²) in [5.74, 6) is 0.740. The smallest absolute Gasteiger partial charge is 0.182 e. The number of halogens is 1. The number of benzene rings is 1. The molecule has 2 rings (SSSR count). The molecule has 0 aliphatic carbocycles. The van der Waals surface area contributed by atoms with E-state index in [9.17, 15) is 0 Å². The molecule has 6 heteroatoms. The zero-order valence-corrected chi connectivity index (χ0v) is 10.1. The number of unbranched alkanes of at least 4 members (excludes halogenated alkanes) is 1. The summed E-state index contributed by atoms with van der Waals surface area (Å²) < 4.78 is 1.78. The van der Waals surface area contributed by atoms with Crippen LogP contribution in [0, 0.1) is 0 Å². The third kappa shape index (κ3) is 3.01. The van der Waals surface area contributed by atoms with Crippen LogP contribution in [0.3, 0.4) is 0 Å². The Morgan fingerprint density at radius 1 is 1.29 bits per heavy atom. The summed E-state index contributed by atoms with van der Waals surface area (Å²) in [5, 5.41) is 12.4. The van der Waals surface area contributed by atoms with Crippen molar-refractivity contribution in [3.05, 3.63) is 29.3 Å². The topological polar surface area (TPSA) is 69.6 Å². The Morgan fingerprint density at radius 2 is 2.18 bits per heavy atom. The molecule has 0 aliphatic heterocycles. The van der Waals surface area contributed by atoms with Gasteiger partial charge in [0.25, 0.3) is 0 Å². The molecule has 2 aromatic rings. The maximum Gasteiger partial charge on any atom is 0.182 e. The van der Waals surface area contributed by atoms with E-state index < -0.39 is 0 Å². The van der Waals surface area contributed by atoms with Crippen LogP contribution in [0.25, 0.3) is 11.4 Å². The van der Waals surface area contributed by atoms with E-state index >= 15 is 0 Å². The summed E-state index contributed by atoms with van der Waals surface area (Å²) >= 11 is 5.95. The van der Waals surface area contributed by atoms with E-state index in [0.717, 1.165) is 30.8 Å². The van der Waals surface area contributed by atoms with Crippen molar-refractivity contribution in [1.82, 2.24) is 20.2 Å². The second-order valence-corrected chi connectivity index (χ2v) is 4.17. The maximum atomic E-state index is 5.95. The number of nitrogens with two attached hydrogens (primary N) is 1. The molecule has 17 heavy (non-hydrogen) atoms. The first kappa shape index (κ1) is 12.0. The second-order valence-electron chi connectivity index (χ2n) is 3.73. The van der Waals surface area contributed by atoms with Crippen LogP contribution in [0.1, 0.15) is 12.8 Å². The highest BCUT2D eigenvalue weighted by molar-refractivity contribution is 6.30. The van der Waals surface area contributed by atoms with Gasteiger partial charge in [0.1, 0.15) is 0 Å². The molecule has 1 aromatic heterocycles. The lowest BCUT2D eigenvalue weighted by Gasteiger charge is -2.04. The van der Waals surface area contributed by atoms with Gasteiger partial charge in [-0.2, -0.15) is 0 Å². The molecule has 0 atom stereocenters. The molecule has 0 saturated heterocycles. The lowest BCUT2D eigenvalue weighted by atomic mass is 10.2. The van der Waals surface area contributed by atoms with Gasteiger partial charge in [-0.05, 0) is 41.9 Å². The van der Waals surface area contributed by atoms with Crippen molar-refractivity contribution in [1.29, 1.82) is 0 Å². The highest BCUT2D eigenvalue weighted by Gasteiger charge is 2.08. The van der Waals surface area contributed by atoms with Crippen molar-refractivity contribution >= 4 is 11.6 Å². The summed E-state index contributed by atoms with van der Waals surface area (Å²) in [4.78, 5) is 0. The molecule has 1 aromatic carbocycles. The van der Waals surface area contributed by atoms with Crippen molar-refractivity contribution in [2.45, 2.75) is 19.4 Å². The van der Waals surface area contributed by atoms with Crippen LogP contribution in [0.5, 0.6) is 0 Å². The average molecular weight is 252 g/mol. The molecule has 0 spiro atoms. The normalized spacial score (nSPS) is 10.7. The summed E-state index contributed by atoms with van der Waals surface area (Å²) in [6.45, 7) is 1.46. The monoisotopic (exact) mass is 251 g/mol. The quantitative estimate of drug-likeness (QED) is 0.822. The lowest BCUT2D eigenvalue weighted by Crippen LogP contribution is -2.06. The molecule has 1 heterocycles. The van der Waals surface area contributed by atoms with Crippen molar-refractivity contribution in [3.63, 3.8) is 0 Å². The first-order chi connectivity index (χ1) is 8.31. The van der Waals surface area contributed by atoms with E-state index in [1.54, 1.807) is 4.68 Å². The fourth-order valence-electron chi connectivity index (χ4n) is 1.60. The van der Waals surface area contributed by atoms with Gasteiger partial charge < -0.3 is 5.73 Å². The fourth-order valence-corrected chi connectivity index (χ4v) is 1.79. The molecule has 0 amide bonds. The Morgan fingerprint density at radius 3 is 2.94 bits per heavy atom. The summed E-state index contributed by atoms with van der Waals surface area (Å²) in [6, 6.07) is 7.51. The number of hydrogen-bond acceptors (Lipinski definition) is 4. The number of rotatable bonds is 5. The van der Waals surface area contributed by atoms with Crippen LogP contribution in [0.2, 0.25) is 5.02 Å². The molecular formula is C11H14ClN5. The van der Waals surface area contributed by atoms with Gasteiger partial charge in [-0.3, -0.25) is 0 Å². The van der Waals surface area contributed by atoms with Gasteiger partial charge in [-0.1, -0.05) is 23.7 Å². The highest BCUT2D eigenvalue weighted by atomic mass is 35.5. The third-order valence-electron chi connectivity index (χ3n) is 2.44. The molecule has 0 radical (unpaired) electrons. The second kappa shape index (κ2) is 5.75. The van der Waals surface area contributed by atoms with Crippen LogP contribution >= 0.6 is 11.6 Å². The van der Waals surface area contributed by atoms with Gasteiger partial charge in [0.2, 0.25) is 0 Å². The Hall–Kier alpha value is -1.46. The van der Waals surface area contributed by atoms with Gasteiger partial charge in [0.05, 0.1) is 0 Å². The van der Waals surface area contributed by atoms with Gasteiger partial charge in [0.15, 0.2) is 5.82 Å². The highest BCUT2D eigenvalue weighted by Crippen LogP contribution is 2.20. The van der Waals surface area contributed by atoms with Gasteiger partial charge in [-0.25, -0.2) is 4.68 Å². The van der Waals surface area contributed by atoms with E-state index in [2.05, 4.69) is 15.5 Å². The van der Waals surface area contributed by atoms with Crippen molar-refractivity contribution < 1.29 is 0 Å². The minimum atomic E-state index is 0.680.